The molecule has 2 unspecified atom stereocenters. The van der Waals surface area contributed by atoms with Gasteiger partial charge in [-0.1, -0.05) is 11.6 Å². The highest BCUT2D eigenvalue weighted by Crippen LogP contribution is 2.26. The molecule has 1 N–H and O–H groups in total. The van der Waals surface area contributed by atoms with Crippen LogP contribution in [0.2, 0.25) is 5.02 Å². The van der Waals surface area contributed by atoms with E-state index in [1.54, 1.807) is 23.1 Å². The molecule has 2 aromatic rings. The first kappa shape index (κ1) is 14.7. The average molecular weight is 333 g/mol. The molecule has 0 radical (unpaired) electrons. The van der Waals surface area contributed by atoms with Gasteiger partial charge in [0.05, 0.1) is 35.7 Å². The van der Waals surface area contributed by atoms with Crippen LogP contribution in [0.5, 0.6) is 0 Å². The average Bonchev–Trinajstić information content (AvgIpc) is 3.17. The molecule has 1 fully saturated rings. The predicted octanol–water partition coefficient (Wildman–Crippen LogP) is 1.83. The Hall–Kier alpha value is -1.92. The van der Waals surface area contributed by atoms with Crippen molar-refractivity contribution in [3.63, 3.8) is 0 Å². The summed E-state index contributed by atoms with van der Waals surface area (Å²) in [6.07, 6.45) is 6.24. The molecule has 7 heteroatoms. The SMILES string of the molecule is O=c1cc2c(nn1C1COCC1Nc1ccncc1Cl)CCC2. The van der Waals surface area contributed by atoms with Crippen LogP contribution in [0.15, 0.2) is 29.3 Å². The zero-order valence-electron chi connectivity index (χ0n) is 12.5. The number of hydrogen-bond acceptors (Lipinski definition) is 5. The van der Waals surface area contributed by atoms with Gasteiger partial charge < -0.3 is 10.1 Å². The Morgan fingerprint density at radius 3 is 3.13 bits per heavy atom. The topological polar surface area (TPSA) is 69.0 Å². The van der Waals surface area contributed by atoms with Gasteiger partial charge in [-0.2, -0.15) is 5.10 Å². The predicted molar refractivity (Wildman–Crippen MR) is 87.0 cm³/mol. The fraction of sp³-hybridized carbons (Fsp3) is 0.438. The van der Waals surface area contributed by atoms with E-state index in [0.717, 1.165) is 36.2 Å². The molecule has 2 aromatic heterocycles. The fourth-order valence-corrected chi connectivity index (χ4v) is 3.44. The minimum atomic E-state index is -0.141. The minimum Gasteiger partial charge on any atom is -0.377 e. The molecule has 1 aliphatic carbocycles. The fourth-order valence-electron chi connectivity index (χ4n) is 3.27. The van der Waals surface area contributed by atoms with Crippen molar-refractivity contribution in [2.45, 2.75) is 31.3 Å². The number of aromatic nitrogens is 3. The van der Waals surface area contributed by atoms with E-state index >= 15 is 0 Å². The number of nitrogens with one attached hydrogen (secondary N) is 1. The van der Waals surface area contributed by atoms with Crippen LogP contribution in [0.25, 0.3) is 0 Å². The van der Waals surface area contributed by atoms with E-state index < -0.39 is 0 Å². The van der Waals surface area contributed by atoms with E-state index in [1.165, 1.54) is 0 Å². The molecule has 6 nitrogen and oxygen atoms in total. The quantitative estimate of drug-likeness (QED) is 0.928. The van der Waals surface area contributed by atoms with Gasteiger partial charge in [-0.15, -0.1) is 0 Å². The maximum Gasteiger partial charge on any atom is 0.267 e. The van der Waals surface area contributed by atoms with Crippen molar-refractivity contribution in [1.82, 2.24) is 14.8 Å². The van der Waals surface area contributed by atoms with Gasteiger partial charge in [0, 0.05) is 18.5 Å². The molecule has 0 bridgehead atoms. The Balaban J connectivity index is 1.63. The van der Waals surface area contributed by atoms with E-state index in [2.05, 4.69) is 15.4 Å². The van der Waals surface area contributed by atoms with Crippen molar-refractivity contribution in [1.29, 1.82) is 0 Å². The summed E-state index contributed by atoms with van der Waals surface area (Å²) in [5, 5.41) is 8.49. The molecule has 3 heterocycles. The standard InChI is InChI=1S/C16H17ClN4O2/c17-11-7-18-5-4-13(11)19-14-8-23-9-15(14)21-16(22)6-10-2-1-3-12(10)20-21/h4-7,14-15H,1-3,8-9H2,(H,18,19). The Kier molecular flexibility index (Phi) is 3.79. The maximum absolute atomic E-state index is 12.4. The van der Waals surface area contributed by atoms with Gasteiger partial charge >= 0.3 is 0 Å². The molecule has 2 atom stereocenters. The molecule has 0 spiro atoms. The van der Waals surface area contributed by atoms with Crippen molar-refractivity contribution in [3.05, 3.63) is 51.2 Å². The lowest BCUT2D eigenvalue weighted by Crippen LogP contribution is -2.37. The van der Waals surface area contributed by atoms with Gasteiger partial charge in [-0.3, -0.25) is 9.78 Å². The van der Waals surface area contributed by atoms with E-state index in [-0.39, 0.29) is 17.6 Å². The van der Waals surface area contributed by atoms with Crippen LogP contribution in [-0.2, 0) is 17.6 Å². The van der Waals surface area contributed by atoms with E-state index in [1.807, 2.05) is 6.07 Å². The molecule has 4 rings (SSSR count). The third-order valence-electron chi connectivity index (χ3n) is 4.46. The highest BCUT2D eigenvalue weighted by molar-refractivity contribution is 6.33. The summed E-state index contributed by atoms with van der Waals surface area (Å²) in [6, 6.07) is 3.35. The smallest absolute Gasteiger partial charge is 0.267 e. The summed E-state index contributed by atoms with van der Waals surface area (Å²) < 4.78 is 7.16. The number of hydrogen-bond donors (Lipinski definition) is 1. The molecule has 0 saturated carbocycles. The number of halogens is 1. The molecule has 2 aliphatic rings. The first-order chi connectivity index (χ1) is 11.2. The summed E-state index contributed by atoms with van der Waals surface area (Å²) in [5.41, 5.74) is 2.86. The number of rotatable bonds is 3. The third-order valence-corrected chi connectivity index (χ3v) is 4.76. The lowest BCUT2D eigenvalue weighted by Gasteiger charge is -2.22. The molecule has 1 saturated heterocycles. The second kappa shape index (κ2) is 5.94. The summed E-state index contributed by atoms with van der Waals surface area (Å²) in [7, 11) is 0. The van der Waals surface area contributed by atoms with Crippen LogP contribution >= 0.6 is 11.6 Å². The van der Waals surface area contributed by atoms with Gasteiger partial charge in [-0.05, 0) is 30.9 Å². The summed E-state index contributed by atoms with van der Waals surface area (Å²) in [6.45, 7) is 0.973. The lowest BCUT2D eigenvalue weighted by molar-refractivity contribution is 0.182. The normalized spacial score (nSPS) is 23.0. The van der Waals surface area contributed by atoms with Gasteiger partial charge in [0.2, 0.25) is 0 Å². The van der Waals surface area contributed by atoms with Gasteiger partial charge in [0.1, 0.15) is 6.04 Å². The van der Waals surface area contributed by atoms with Crippen molar-refractivity contribution in [3.8, 4) is 0 Å². The largest absolute Gasteiger partial charge is 0.377 e. The first-order valence-corrected chi connectivity index (χ1v) is 8.15. The van der Waals surface area contributed by atoms with Crippen molar-refractivity contribution in [2.75, 3.05) is 18.5 Å². The van der Waals surface area contributed by atoms with Gasteiger partial charge in [-0.25, -0.2) is 4.68 Å². The summed E-state index contributed by atoms with van der Waals surface area (Å²) in [4.78, 5) is 16.4. The Bertz CT molecular complexity index is 792. The van der Waals surface area contributed by atoms with E-state index in [4.69, 9.17) is 16.3 Å². The first-order valence-electron chi connectivity index (χ1n) is 7.78. The molecule has 0 aromatic carbocycles. The second-order valence-corrected chi connectivity index (χ2v) is 6.37. The second-order valence-electron chi connectivity index (χ2n) is 5.96. The van der Waals surface area contributed by atoms with Crippen molar-refractivity contribution < 1.29 is 4.74 Å². The van der Waals surface area contributed by atoms with Crippen LogP contribution in [0, 0.1) is 0 Å². The number of anilines is 1. The van der Waals surface area contributed by atoms with E-state index in [0.29, 0.717) is 18.2 Å². The van der Waals surface area contributed by atoms with Crippen LogP contribution in [0.1, 0.15) is 23.7 Å². The summed E-state index contributed by atoms with van der Waals surface area (Å²) >= 11 is 6.15. The van der Waals surface area contributed by atoms with Crippen LogP contribution in [0.3, 0.4) is 0 Å². The molecular weight excluding hydrogens is 316 g/mol. The molecular formula is C16H17ClN4O2. The lowest BCUT2D eigenvalue weighted by atomic mass is 10.1. The van der Waals surface area contributed by atoms with Gasteiger partial charge in [0.15, 0.2) is 0 Å². The van der Waals surface area contributed by atoms with Crippen LogP contribution in [0.4, 0.5) is 5.69 Å². The Morgan fingerprint density at radius 2 is 2.26 bits per heavy atom. The highest BCUT2D eigenvalue weighted by atomic mass is 35.5. The molecule has 1 aliphatic heterocycles. The molecule has 0 amide bonds. The molecule has 120 valence electrons. The summed E-state index contributed by atoms with van der Waals surface area (Å²) in [5.74, 6) is 0. The highest BCUT2D eigenvalue weighted by Gasteiger charge is 2.32. The minimum absolute atomic E-state index is 0.0560. The van der Waals surface area contributed by atoms with Crippen molar-refractivity contribution in [2.24, 2.45) is 0 Å². The number of ether oxygens (including phenoxy) is 1. The zero-order valence-corrected chi connectivity index (χ0v) is 13.3. The Morgan fingerprint density at radius 1 is 1.35 bits per heavy atom. The zero-order chi connectivity index (χ0) is 15.8. The number of pyridine rings is 1. The van der Waals surface area contributed by atoms with Gasteiger partial charge in [0.25, 0.3) is 5.56 Å². The van der Waals surface area contributed by atoms with Crippen molar-refractivity contribution >= 4 is 17.3 Å². The van der Waals surface area contributed by atoms with E-state index in [9.17, 15) is 4.79 Å². The Labute approximate surface area is 138 Å². The van der Waals surface area contributed by atoms with Crippen LogP contribution in [-0.4, -0.2) is 34.0 Å². The third kappa shape index (κ3) is 2.72. The van der Waals surface area contributed by atoms with Crippen LogP contribution < -0.4 is 10.9 Å². The number of aryl methyl sites for hydroxylation is 2. The monoisotopic (exact) mass is 332 g/mol. The maximum atomic E-state index is 12.4. The number of nitrogens with zero attached hydrogens (tertiary/aromatic N) is 3. The number of fused-ring (bicyclic) bond motifs is 1. The molecule has 23 heavy (non-hydrogen) atoms.